The van der Waals surface area contributed by atoms with Crippen molar-refractivity contribution >= 4 is 155 Å². The van der Waals surface area contributed by atoms with E-state index >= 15 is 0 Å². The number of aryl methyl sites for hydroxylation is 1. The van der Waals surface area contributed by atoms with Crippen LogP contribution < -0.4 is 20.2 Å². The van der Waals surface area contributed by atoms with E-state index in [1.807, 2.05) is 153 Å². The van der Waals surface area contributed by atoms with Crippen LogP contribution in [0.25, 0.3) is 87.1 Å². The third-order valence-electron chi connectivity index (χ3n) is 22.6. The maximum atomic E-state index is 12.4. The Bertz CT molecular complexity index is 7110. The molecule has 0 saturated heterocycles. The summed E-state index contributed by atoms with van der Waals surface area (Å²) in [7, 11) is 6.17. The van der Waals surface area contributed by atoms with Crippen LogP contribution in [0.4, 0.5) is 11.4 Å². The van der Waals surface area contributed by atoms with Crippen molar-refractivity contribution in [3.8, 4) is 66.7 Å². The van der Waals surface area contributed by atoms with Gasteiger partial charge in [0.25, 0.3) is 0 Å². The summed E-state index contributed by atoms with van der Waals surface area (Å²) in [6, 6.07) is 81.8. The topological polar surface area (TPSA) is 321 Å². The summed E-state index contributed by atoms with van der Waals surface area (Å²) in [5.41, 5.74) is 16.9. The number of para-hydroxylation sites is 1. The van der Waals surface area contributed by atoms with Gasteiger partial charge >= 0.3 is 23.0 Å². The van der Waals surface area contributed by atoms with E-state index < -0.39 is 5.97 Å². The van der Waals surface area contributed by atoms with Crippen LogP contribution in [0.5, 0.6) is 0 Å². The first kappa shape index (κ1) is 124. The van der Waals surface area contributed by atoms with Crippen LogP contribution in [-0.4, -0.2) is 135 Å². The van der Waals surface area contributed by atoms with E-state index in [2.05, 4.69) is 117 Å². The van der Waals surface area contributed by atoms with Crippen molar-refractivity contribution < 1.29 is 105 Å². The fourth-order valence-corrected chi connectivity index (χ4v) is 17.0. The van der Waals surface area contributed by atoms with Crippen molar-refractivity contribution in [2.45, 2.75) is 119 Å². The number of carboxylic acids is 1. The largest absolute Gasteiger partial charge is 2.00 e. The Balaban J connectivity index is 0.000000295. The molecule has 146 heavy (non-hydrogen) atoms. The van der Waals surface area contributed by atoms with Gasteiger partial charge in [0.05, 0.1) is 104 Å². The van der Waals surface area contributed by atoms with E-state index in [1.165, 1.54) is 98.9 Å². The van der Waals surface area contributed by atoms with Crippen molar-refractivity contribution in [1.82, 2.24) is 54.4 Å². The average Bonchev–Trinajstić information content (AvgIpc) is 0.873. The molecule has 2 saturated carbocycles. The molecular formula is C116H116FeI2N13O10OsRuS2+. The Labute approximate surface area is 931 Å². The standard InChI is InChI=1S/C21H14N2O3S.C20H24N3OS.C16H10O3.C13H12N2O.C12H10N2O.2C10H8N2.C7H12O.C5H10.2CH3.Fe.2HI.Os.Ru/c1-12(24)13-8-14(21(25)26)10-16(9-13)22-15-6-7-18-20(11-15)27-19-5-3-2-4-17(19)23-18;1-14(24)6-5-11-23(4)16-8-10-18-20(13-16)25-19-12-15(22(2)3)7-9-17(19)21-18;1-9(17)10-6-7-13-14(8-10)16(19)12-5-3-2-4-11(12)15(13)18;1-9-3-5-14-12(7-9)13-8-11(10(2)16)4-6-15-13;1-9(15)10-5-7-14-12(8-10)11-4-2-3-6-13-11;2*1-3-7-11-9(5-1)10-6-2-4-8-12-10;1-6(8)7-4-2-3-5-7;1-2-4-5-3-1;;;;;;;/h2-11H,1H3,(H,25,26);7-10,12-13H,5-6,11H2,1-4H3;2-8H,1H3;3-8H,1-2H3;2-8H,1H3;2*1-8H;7H,2-5H2,1H3;1-5H2;2*1H3;;2*1H;;/q;+1;;;;;;;;2*-1;+2;;;;. The fraction of sp³-hybridized carbons (Fsp3) is 0.198. The zero-order chi connectivity index (χ0) is 98.7. The quantitative estimate of drug-likeness (QED) is 0.0234. The Morgan fingerprint density at radius 2 is 0.808 bits per heavy atom. The molecule has 754 valence electrons. The van der Waals surface area contributed by atoms with Gasteiger partial charge in [0.1, 0.15) is 25.7 Å². The van der Waals surface area contributed by atoms with Crippen molar-refractivity contribution in [3.05, 3.63) is 398 Å². The Morgan fingerprint density at radius 1 is 0.397 bits per heavy atom. The molecule has 8 aromatic heterocycles. The summed E-state index contributed by atoms with van der Waals surface area (Å²) in [5.74, 6) is -0.641. The second-order valence-corrected chi connectivity index (χ2v) is 35.5. The molecular weight excluding hydrogens is 2400 g/mol. The zero-order valence-electron chi connectivity index (χ0n) is 83.2. The van der Waals surface area contributed by atoms with Crippen LogP contribution in [0.15, 0.2) is 321 Å². The molecule has 2 fully saturated rings. The summed E-state index contributed by atoms with van der Waals surface area (Å²) in [6.07, 6.45) is 27.6. The van der Waals surface area contributed by atoms with Gasteiger partial charge in [-0.05, 0) is 255 Å². The maximum Gasteiger partial charge on any atom is 2.00 e. The van der Waals surface area contributed by atoms with Crippen molar-refractivity contribution in [2.24, 2.45) is 10.9 Å². The zero-order valence-corrected chi connectivity index (χ0v) is 94.9. The molecule has 13 aromatic rings. The number of hydrogen-bond donors (Lipinski definition) is 1. The van der Waals surface area contributed by atoms with E-state index in [4.69, 9.17) is 4.98 Å². The van der Waals surface area contributed by atoms with E-state index in [0.29, 0.717) is 73.7 Å². The molecule has 5 aliphatic carbocycles. The van der Waals surface area contributed by atoms with Crippen LogP contribution >= 0.6 is 70.6 Å². The summed E-state index contributed by atoms with van der Waals surface area (Å²) < 4.78 is 4.36. The molecule has 5 aromatic carbocycles. The molecule has 0 atom stereocenters. The summed E-state index contributed by atoms with van der Waals surface area (Å²) in [5, 5.41) is 11.1. The second kappa shape index (κ2) is 62.9. The van der Waals surface area contributed by atoms with Crippen molar-refractivity contribution in [3.63, 3.8) is 0 Å². The first-order valence-electron chi connectivity index (χ1n) is 45.8. The Kier molecular flexibility index (Phi) is 53.3. The van der Waals surface area contributed by atoms with E-state index in [1.54, 1.807) is 160 Å². The molecule has 30 heteroatoms. The SMILES string of the molecule is C1CCCC1.CC(=O)C1CCCC1.CC(=O)CCCN(C)c1ccc2nc3ccc(=[N+](C)C)cc-3sc2c1.CC(=O)c1cc(N=c2ccc3nc4ccccc4sc-3c2)cc(C(=O)O)c1.CC(=O)c1ccc2c(c1)C(=O)c1ccccc1C2=O.CC(=O)c1ccnc(-c2cc(C)ccn2)c1.CC(=O)c1ccnc(-c2ccccn2)c1.I.I.[CH3-].[CH3-].[Fe+2].[Os].[Ru].c1ccc(-c2ccccn2)nc1.c1ccc(-c2ccccn2)nc1. The van der Waals surface area contributed by atoms with Gasteiger partial charge < -0.3 is 29.7 Å². The minimum absolute atomic E-state index is 0. The Hall–Kier alpha value is -12.8. The fourth-order valence-electron chi connectivity index (χ4n) is 15.0. The second-order valence-electron chi connectivity index (χ2n) is 33.4. The molecule has 1 N–H and O–H groups in total. The number of anilines is 1. The predicted octanol–water partition coefficient (Wildman–Crippen LogP) is 25.6. The summed E-state index contributed by atoms with van der Waals surface area (Å²) >= 11 is 3.39. The van der Waals surface area contributed by atoms with Gasteiger partial charge in [-0.3, -0.25) is 73.4 Å². The van der Waals surface area contributed by atoms with Crippen LogP contribution in [0.2, 0.25) is 0 Å². The van der Waals surface area contributed by atoms with Gasteiger partial charge in [0.2, 0.25) is 5.36 Å². The number of halogens is 2. The average molecular weight is 2520 g/mol. The van der Waals surface area contributed by atoms with E-state index in [0.717, 1.165) is 115 Å². The maximum absolute atomic E-state index is 12.4. The molecule has 7 aliphatic rings. The number of pyridine rings is 8. The molecule has 0 spiro atoms. The minimum atomic E-state index is -1.09. The molecule has 23 nitrogen and oxygen atoms in total. The molecule has 0 radical (unpaired) electrons. The number of aromatic carboxylic acids is 1. The number of benzene rings is 7. The van der Waals surface area contributed by atoms with Gasteiger partial charge in [-0.1, -0.05) is 118 Å². The van der Waals surface area contributed by atoms with Crippen molar-refractivity contribution in [1.29, 1.82) is 0 Å². The number of aromatic nitrogens is 10. The van der Waals surface area contributed by atoms with Gasteiger partial charge in [-0.25, -0.2) is 24.3 Å². The molecule has 0 amide bonds. The normalized spacial score (nSPS) is 11.5. The number of rotatable bonds is 16. The van der Waals surface area contributed by atoms with Gasteiger partial charge in [0.15, 0.2) is 34.7 Å². The third kappa shape index (κ3) is 37.0. The molecule has 0 bridgehead atoms. The molecule has 20 rings (SSSR count). The third-order valence-corrected chi connectivity index (χ3v) is 24.8. The van der Waals surface area contributed by atoms with Crippen molar-refractivity contribution in [2.75, 3.05) is 32.6 Å². The molecule has 0 unspecified atom stereocenters. The van der Waals surface area contributed by atoms with E-state index in [-0.39, 0.29) is 165 Å². The molecule has 10 heterocycles. The molecule has 2 aliphatic heterocycles. The number of carbonyl (C=O) groups is 9. The number of carboxylic acid groups (broad SMARTS) is 1. The van der Waals surface area contributed by atoms with Crippen LogP contribution in [0.1, 0.15) is 201 Å². The van der Waals surface area contributed by atoms with E-state index in [9.17, 15) is 48.3 Å². The number of carbonyl (C=O) groups excluding carboxylic acids is 8. The monoisotopic (exact) mass is 2520 g/mol. The summed E-state index contributed by atoms with van der Waals surface area (Å²) in [4.78, 5) is 155. The first-order valence-corrected chi connectivity index (χ1v) is 47.4. The smallest absolute Gasteiger partial charge is 0.478 e. The number of Topliss-reactive ketones (excluding diaryl/α,β-unsaturated/α-hetero) is 6. The summed E-state index contributed by atoms with van der Waals surface area (Å²) in [6.45, 7) is 12.2. The van der Waals surface area contributed by atoms with Gasteiger partial charge in [0, 0.05) is 177 Å². The minimum Gasteiger partial charge on any atom is -0.478 e. The van der Waals surface area contributed by atoms with Gasteiger partial charge in [-0.2, -0.15) is 0 Å². The number of ketones is 8. The number of nitrogens with zero attached hydrogens (tertiary/aromatic N) is 13. The number of hydrogen-bond acceptors (Lipinski definition) is 23. The number of fused-ring (bicyclic) bond motifs is 6. The van der Waals surface area contributed by atoms with Crippen LogP contribution in [0.3, 0.4) is 0 Å². The Morgan fingerprint density at radius 3 is 1.27 bits per heavy atom. The predicted molar refractivity (Wildman–Crippen MR) is 595 cm³/mol. The first-order chi connectivity index (χ1) is 67.2. The van der Waals surface area contributed by atoms with Gasteiger partial charge in [-0.15, -0.1) is 70.6 Å². The van der Waals surface area contributed by atoms with Crippen LogP contribution in [0, 0.1) is 27.7 Å². The van der Waals surface area contributed by atoms with Crippen LogP contribution in [-0.2, 0) is 65.9 Å².